The maximum Gasteiger partial charge on any atom is 0.255 e. The van der Waals surface area contributed by atoms with Gasteiger partial charge in [-0.3, -0.25) is 9.59 Å². The zero-order chi connectivity index (χ0) is 24.1. The number of rotatable bonds is 7. The molecule has 0 spiro atoms. The number of para-hydroxylation sites is 1. The number of hydrogen-bond acceptors (Lipinski definition) is 4. The van der Waals surface area contributed by atoms with Crippen LogP contribution in [-0.2, 0) is 6.54 Å². The molecule has 0 aliphatic carbocycles. The summed E-state index contributed by atoms with van der Waals surface area (Å²) in [5, 5.41) is 5.56. The molecule has 2 N–H and O–H groups in total. The third-order valence-corrected chi connectivity index (χ3v) is 5.32. The minimum Gasteiger partial charge on any atom is -0.497 e. The van der Waals surface area contributed by atoms with E-state index in [1.807, 2.05) is 0 Å². The Morgan fingerprint density at radius 3 is 2.47 bits per heavy atom. The van der Waals surface area contributed by atoms with Crippen LogP contribution >= 0.6 is 0 Å². The SMILES string of the molecule is COc1ccc(C(=O)Nc2ccccc2C(=O)NCc2ccc(-n3ccnc3C)c(F)c2)cc1. The fourth-order valence-electron chi connectivity index (χ4n) is 3.49. The van der Waals surface area contributed by atoms with Crippen molar-refractivity contribution < 1.29 is 18.7 Å². The molecule has 8 heteroatoms. The molecular formula is C26H23FN4O3. The third-order valence-electron chi connectivity index (χ3n) is 5.32. The van der Waals surface area contributed by atoms with Gasteiger partial charge in [0.25, 0.3) is 11.8 Å². The number of halogens is 1. The first-order valence-electron chi connectivity index (χ1n) is 10.6. The van der Waals surface area contributed by atoms with E-state index in [1.54, 1.807) is 91.7 Å². The number of imidazole rings is 1. The molecule has 1 aromatic heterocycles. The second-order valence-electron chi connectivity index (χ2n) is 7.54. The van der Waals surface area contributed by atoms with Gasteiger partial charge >= 0.3 is 0 Å². The molecule has 0 radical (unpaired) electrons. The summed E-state index contributed by atoms with van der Waals surface area (Å²) >= 11 is 0. The zero-order valence-electron chi connectivity index (χ0n) is 18.7. The van der Waals surface area contributed by atoms with Gasteiger partial charge in [-0.15, -0.1) is 0 Å². The van der Waals surface area contributed by atoms with E-state index >= 15 is 0 Å². The molecule has 7 nitrogen and oxygen atoms in total. The first kappa shape index (κ1) is 22.7. The number of nitrogens with one attached hydrogen (secondary N) is 2. The van der Waals surface area contributed by atoms with Crippen molar-refractivity contribution in [3.05, 3.63) is 107 Å². The van der Waals surface area contributed by atoms with E-state index in [1.165, 1.54) is 6.07 Å². The topological polar surface area (TPSA) is 85.2 Å². The quantitative estimate of drug-likeness (QED) is 0.427. The molecule has 0 atom stereocenters. The fourth-order valence-corrected chi connectivity index (χ4v) is 3.49. The molecule has 1 heterocycles. The van der Waals surface area contributed by atoms with Crippen molar-refractivity contribution in [1.82, 2.24) is 14.9 Å². The Bertz CT molecular complexity index is 1330. The van der Waals surface area contributed by atoms with Gasteiger partial charge in [-0.1, -0.05) is 18.2 Å². The minimum atomic E-state index is -0.417. The molecule has 0 bridgehead atoms. The number of aryl methyl sites for hydroxylation is 1. The highest BCUT2D eigenvalue weighted by molar-refractivity contribution is 6.09. The standard InChI is InChI=1S/C26H23FN4O3/c1-17-28-13-14-31(17)24-12-7-18(15-22(24)27)16-29-26(33)21-5-3-4-6-23(21)30-25(32)19-8-10-20(34-2)11-9-19/h3-15H,16H2,1-2H3,(H,29,33)(H,30,32). The van der Waals surface area contributed by atoms with Crippen molar-refractivity contribution in [2.24, 2.45) is 0 Å². The van der Waals surface area contributed by atoms with E-state index < -0.39 is 5.82 Å². The molecular weight excluding hydrogens is 435 g/mol. The molecule has 4 rings (SSSR count). The lowest BCUT2D eigenvalue weighted by Gasteiger charge is -2.13. The smallest absolute Gasteiger partial charge is 0.255 e. The van der Waals surface area contributed by atoms with Gasteiger partial charge in [0.1, 0.15) is 17.4 Å². The lowest BCUT2D eigenvalue weighted by molar-refractivity contribution is 0.0951. The van der Waals surface area contributed by atoms with Gasteiger partial charge in [0.05, 0.1) is 24.0 Å². The summed E-state index contributed by atoms with van der Waals surface area (Å²) in [6.07, 6.45) is 3.29. The molecule has 3 aromatic carbocycles. The number of ether oxygens (including phenoxy) is 1. The Balaban J connectivity index is 1.44. The van der Waals surface area contributed by atoms with E-state index in [-0.39, 0.29) is 18.4 Å². The van der Waals surface area contributed by atoms with Crippen LogP contribution in [0.1, 0.15) is 32.1 Å². The van der Waals surface area contributed by atoms with Gasteiger partial charge in [0, 0.05) is 24.5 Å². The predicted molar refractivity (Wildman–Crippen MR) is 127 cm³/mol. The van der Waals surface area contributed by atoms with Crippen LogP contribution in [0.15, 0.2) is 79.1 Å². The van der Waals surface area contributed by atoms with Crippen LogP contribution in [0.2, 0.25) is 0 Å². The van der Waals surface area contributed by atoms with Crippen molar-refractivity contribution in [3.8, 4) is 11.4 Å². The maximum absolute atomic E-state index is 14.6. The molecule has 4 aromatic rings. The Morgan fingerprint density at radius 2 is 1.79 bits per heavy atom. The number of anilines is 1. The summed E-state index contributed by atoms with van der Waals surface area (Å²) in [6, 6.07) is 18.1. The summed E-state index contributed by atoms with van der Waals surface area (Å²) in [6.45, 7) is 1.91. The molecule has 2 amide bonds. The van der Waals surface area contributed by atoms with Crippen LogP contribution in [0.25, 0.3) is 5.69 Å². The summed E-state index contributed by atoms with van der Waals surface area (Å²) < 4.78 is 21.4. The lowest BCUT2D eigenvalue weighted by Crippen LogP contribution is -2.25. The number of aromatic nitrogens is 2. The fraction of sp³-hybridized carbons (Fsp3) is 0.115. The molecule has 172 valence electrons. The summed E-state index contributed by atoms with van der Waals surface area (Å²) in [5.74, 6) is 0.158. The maximum atomic E-state index is 14.6. The zero-order valence-corrected chi connectivity index (χ0v) is 18.7. The molecule has 34 heavy (non-hydrogen) atoms. The first-order valence-corrected chi connectivity index (χ1v) is 10.6. The van der Waals surface area contributed by atoms with Gasteiger partial charge < -0.3 is 19.9 Å². The highest BCUT2D eigenvalue weighted by Crippen LogP contribution is 2.19. The van der Waals surface area contributed by atoms with Gasteiger partial charge in [0.15, 0.2) is 0 Å². The van der Waals surface area contributed by atoms with E-state index in [4.69, 9.17) is 4.74 Å². The average molecular weight is 458 g/mol. The molecule has 0 aliphatic heterocycles. The van der Waals surface area contributed by atoms with Crippen LogP contribution in [0.3, 0.4) is 0 Å². The van der Waals surface area contributed by atoms with Crippen LogP contribution in [0.4, 0.5) is 10.1 Å². The first-order chi connectivity index (χ1) is 16.5. The summed E-state index contributed by atoms with van der Waals surface area (Å²) in [7, 11) is 1.55. The Hall–Kier alpha value is -4.46. The van der Waals surface area contributed by atoms with Crippen molar-refractivity contribution in [3.63, 3.8) is 0 Å². The minimum absolute atomic E-state index is 0.125. The van der Waals surface area contributed by atoms with Crippen LogP contribution in [0, 0.1) is 12.7 Å². The summed E-state index contributed by atoms with van der Waals surface area (Å²) in [5.41, 5.74) is 2.09. The third kappa shape index (κ3) is 4.96. The van der Waals surface area contributed by atoms with Crippen molar-refractivity contribution in [1.29, 1.82) is 0 Å². The van der Waals surface area contributed by atoms with Gasteiger partial charge in [-0.25, -0.2) is 9.37 Å². The van der Waals surface area contributed by atoms with Crippen LogP contribution in [0.5, 0.6) is 5.75 Å². The second-order valence-corrected chi connectivity index (χ2v) is 7.54. The second kappa shape index (κ2) is 9.99. The number of nitrogens with zero attached hydrogens (tertiary/aromatic N) is 2. The van der Waals surface area contributed by atoms with E-state index in [2.05, 4.69) is 15.6 Å². The number of hydrogen-bond donors (Lipinski definition) is 2. The Labute approximate surface area is 196 Å². The molecule has 0 saturated carbocycles. The predicted octanol–water partition coefficient (Wildman–Crippen LogP) is 4.51. The highest BCUT2D eigenvalue weighted by Gasteiger charge is 2.15. The highest BCUT2D eigenvalue weighted by atomic mass is 19.1. The van der Waals surface area contributed by atoms with Crippen LogP contribution in [-0.4, -0.2) is 28.5 Å². The Morgan fingerprint density at radius 1 is 1.03 bits per heavy atom. The number of carbonyl (C=O) groups is 2. The van der Waals surface area contributed by atoms with Crippen molar-refractivity contribution in [2.45, 2.75) is 13.5 Å². The monoisotopic (exact) mass is 458 g/mol. The van der Waals surface area contributed by atoms with Crippen LogP contribution < -0.4 is 15.4 Å². The summed E-state index contributed by atoms with van der Waals surface area (Å²) in [4.78, 5) is 29.6. The molecule has 0 aliphatic rings. The number of amides is 2. The number of methoxy groups -OCH3 is 1. The van der Waals surface area contributed by atoms with E-state index in [9.17, 15) is 14.0 Å². The lowest BCUT2D eigenvalue weighted by atomic mass is 10.1. The normalized spacial score (nSPS) is 10.6. The van der Waals surface area contributed by atoms with Gasteiger partial charge in [-0.05, 0) is 61.0 Å². The molecule has 0 unspecified atom stereocenters. The average Bonchev–Trinajstić information content (AvgIpc) is 3.28. The number of carbonyl (C=O) groups excluding carboxylic acids is 2. The molecule has 0 saturated heterocycles. The largest absolute Gasteiger partial charge is 0.497 e. The van der Waals surface area contributed by atoms with E-state index in [0.29, 0.717) is 39.6 Å². The van der Waals surface area contributed by atoms with Crippen molar-refractivity contribution in [2.75, 3.05) is 12.4 Å². The van der Waals surface area contributed by atoms with Crippen molar-refractivity contribution >= 4 is 17.5 Å². The van der Waals surface area contributed by atoms with Gasteiger partial charge in [-0.2, -0.15) is 0 Å². The van der Waals surface area contributed by atoms with Gasteiger partial charge in [0.2, 0.25) is 0 Å². The number of benzene rings is 3. The van der Waals surface area contributed by atoms with E-state index in [0.717, 1.165) is 0 Å². The Kier molecular flexibility index (Phi) is 6.68. The molecule has 0 fully saturated rings.